The fourth-order valence-electron chi connectivity index (χ4n) is 3.70. The number of hydrogen-bond donors (Lipinski definition) is 1. The molecule has 28 heavy (non-hydrogen) atoms. The summed E-state index contributed by atoms with van der Waals surface area (Å²) in [6.07, 6.45) is 21.6. The van der Waals surface area contributed by atoms with E-state index in [1.165, 1.54) is 96.3 Å². The van der Waals surface area contributed by atoms with Crippen LogP contribution in [0.4, 0.5) is 5.69 Å². The van der Waals surface area contributed by atoms with Crippen molar-refractivity contribution >= 4 is 5.69 Å². The van der Waals surface area contributed by atoms with Gasteiger partial charge < -0.3 is 10.1 Å². The fourth-order valence-corrected chi connectivity index (χ4v) is 3.70. The van der Waals surface area contributed by atoms with Gasteiger partial charge in [0.1, 0.15) is 5.69 Å². The quantitative estimate of drug-likeness (QED) is 0.207. The van der Waals surface area contributed by atoms with Crippen LogP contribution in [0.15, 0.2) is 9.59 Å². The second-order valence-corrected chi connectivity index (χ2v) is 8.03. The standard InChI is InChI=1S/C24H43NO3/c1-3-5-6-7-8-9-10-11-12-13-14-15-16-17-18-19-20-25-21-22(26)23(27)24(21)28-4-2/h25H,3-20H2,1-2H3. The Hall–Kier alpha value is -1.32. The van der Waals surface area contributed by atoms with Crippen LogP contribution in [0.2, 0.25) is 0 Å². The van der Waals surface area contributed by atoms with Crippen molar-refractivity contribution in [1.29, 1.82) is 0 Å². The van der Waals surface area contributed by atoms with Gasteiger partial charge in [0, 0.05) is 6.54 Å². The summed E-state index contributed by atoms with van der Waals surface area (Å²) >= 11 is 0. The van der Waals surface area contributed by atoms with Crippen molar-refractivity contribution in [3.05, 3.63) is 20.4 Å². The van der Waals surface area contributed by atoms with Crippen LogP contribution in [0.1, 0.15) is 117 Å². The minimum Gasteiger partial charge on any atom is -0.488 e. The monoisotopic (exact) mass is 393 g/mol. The van der Waals surface area contributed by atoms with E-state index in [0.717, 1.165) is 13.0 Å². The van der Waals surface area contributed by atoms with Crippen LogP contribution >= 0.6 is 0 Å². The van der Waals surface area contributed by atoms with Crippen molar-refractivity contribution in [3.8, 4) is 5.75 Å². The van der Waals surface area contributed by atoms with E-state index in [1.54, 1.807) is 0 Å². The Labute approximate surface area is 172 Å². The Balaban J connectivity index is 1.82. The molecule has 4 nitrogen and oxygen atoms in total. The van der Waals surface area contributed by atoms with Gasteiger partial charge in [0.05, 0.1) is 6.61 Å². The highest BCUT2D eigenvalue weighted by atomic mass is 16.5. The molecule has 4 heteroatoms. The zero-order valence-electron chi connectivity index (χ0n) is 18.5. The van der Waals surface area contributed by atoms with Crippen LogP contribution < -0.4 is 20.9 Å². The Kier molecular flexibility index (Phi) is 14.7. The van der Waals surface area contributed by atoms with Crippen molar-refractivity contribution in [1.82, 2.24) is 0 Å². The molecule has 0 atom stereocenters. The van der Waals surface area contributed by atoms with Gasteiger partial charge in [-0.25, -0.2) is 0 Å². The Morgan fingerprint density at radius 1 is 0.607 bits per heavy atom. The smallest absolute Gasteiger partial charge is 0.272 e. The lowest BCUT2D eigenvalue weighted by molar-refractivity contribution is 0.334. The normalized spacial score (nSPS) is 11.2. The highest BCUT2D eigenvalue weighted by Gasteiger charge is 2.21. The fraction of sp³-hybridized carbons (Fsp3) is 0.833. The molecule has 1 aromatic rings. The number of hydrogen-bond acceptors (Lipinski definition) is 4. The second-order valence-electron chi connectivity index (χ2n) is 8.03. The predicted molar refractivity (Wildman–Crippen MR) is 121 cm³/mol. The van der Waals surface area contributed by atoms with Crippen LogP contribution in [0.5, 0.6) is 5.75 Å². The average molecular weight is 394 g/mol. The molecule has 0 unspecified atom stereocenters. The first-order valence-corrected chi connectivity index (χ1v) is 11.9. The van der Waals surface area contributed by atoms with Crippen LogP contribution in [0, 0.1) is 0 Å². The topological polar surface area (TPSA) is 55.4 Å². The molecular weight excluding hydrogens is 350 g/mol. The van der Waals surface area contributed by atoms with Gasteiger partial charge in [-0.15, -0.1) is 0 Å². The Morgan fingerprint density at radius 3 is 1.46 bits per heavy atom. The number of anilines is 1. The third kappa shape index (κ3) is 10.3. The first kappa shape index (κ1) is 24.7. The van der Waals surface area contributed by atoms with Gasteiger partial charge in [-0.2, -0.15) is 0 Å². The molecule has 1 aromatic carbocycles. The van der Waals surface area contributed by atoms with Crippen molar-refractivity contribution in [2.75, 3.05) is 18.5 Å². The maximum atomic E-state index is 11.5. The van der Waals surface area contributed by atoms with Crippen molar-refractivity contribution in [3.63, 3.8) is 0 Å². The molecule has 0 aromatic heterocycles. The summed E-state index contributed by atoms with van der Waals surface area (Å²) in [4.78, 5) is 22.9. The summed E-state index contributed by atoms with van der Waals surface area (Å²) in [6, 6.07) is 0. The number of rotatable bonds is 20. The molecule has 0 saturated carbocycles. The molecular formula is C24H43NO3. The van der Waals surface area contributed by atoms with Gasteiger partial charge in [0.2, 0.25) is 0 Å². The van der Waals surface area contributed by atoms with Crippen LogP contribution in [0.3, 0.4) is 0 Å². The highest BCUT2D eigenvalue weighted by molar-refractivity contribution is 5.61. The molecule has 0 saturated heterocycles. The van der Waals surface area contributed by atoms with Crippen molar-refractivity contribution in [2.24, 2.45) is 0 Å². The zero-order valence-corrected chi connectivity index (χ0v) is 18.5. The van der Waals surface area contributed by atoms with Gasteiger partial charge in [0.15, 0.2) is 5.75 Å². The van der Waals surface area contributed by atoms with E-state index in [0.29, 0.717) is 12.3 Å². The molecule has 0 heterocycles. The largest absolute Gasteiger partial charge is 0.488 e. The maximum absolute atomic E-state index is 11.5. The molecule has 1 N–H and O–H groups in total. The Bertz CT molecular complexity index is 560. The van der Waals surface area contributed by atoms with Gasteiger partial charge in [0.25, 0.3) is 10.9 Å². The van der Waals surface area contributed by atoms with Gasteiger partial charge in [-0.1, -0.05) is 103 Å². The number of unbranched alkanes of at least 4 members (excludes halogenated alkanes) is 15. The second kappa shape index (κ2) is 16.6. The first-order valence-electron chi connectivity index (χ1n) is 11.9. The molecule has 1 rings (SSSR count). The molecule has 0 aliphatic carbocycles. The van der Waals surface area contributed by atoms with E-state index >= 15 is 0 Å². The summed E-state index contributed by atoms with van der Waals surface area (Å²) < 4.78 is 5.20. The van der Waals surface area contributed by atoms with Gasteiger partial charge in [-0.3, -0.25) is 9.59 Å². The summed E-state index contributed by atoms with van der Waals surface area (Å²) in [7, 11) is 0. The van der Waals surface area contributed by atoms with E-state index in [9.17, 15) is 9.59 Å². The predicted octanol–water partition coefficient (Wildman–Crippen LogP) is 6.35. The summed E-state index contributed by atoms with van der Waals surface area (Å²) in [5.74, 6) is 0.226. The molecule has 0 amide bonds. The lowest BCUT2D eigenvalue weighted by Gasteiger charge is -2.12. The molecule has 0 bridgehead atoms. The van der Waals surface area contributed by atoms with Crippen LogP contribution in [-0.4, -0.2) is 13.2 Å². The minimum atomic E-state index is -0.490. The SMILES string of the molecule is CCCCCCCCCCCCCCCCCCNc1c(OCC)c(=O)c1=O. The van der Waals surface area contributed by atoms with E-state index < -0.39 is 10.9 Å². The van der Waals surface area contributed by atoms with Crippen molar-refractivity contribution < 1.29 is 4.74 Å². The lowest BCUT2D eigenvalue weighted by Crippen LogP contribution is -2.36. The summed E-state index contributed by atoms with van der Waals surface area (Å²) in [5.41, 5.74) is -0.538. The average Bonchev–Trinajstić information content (AvgIpc) is 2.71. The summed E-state index contributed by atoms with van der Waals surface area (Å²) in [5, 5.41) is 3.07. The van der Waals surface area contributed by atoms with E-state index in [4.69, 9.17) is 4.74 Å². The van der Waals surface area contributed by atoms with Gasteiger partial charge >= 0.3 is 0 Å². The number of ether oxygens (including phenoxy) is 1. The third-order valence-electron chi connectivity index (χ3n) is 5.49. The molecule has 0 radical (unpaired) electrons. The molecule has 162 valence electrons. The van der Waals surface area contributed by atoms with E-state index in [1.807, 2.05) is 6.92 Å². The Morgan fingerprint density at radius 2 is 1.04 bits per heavy atom. The van der Waals surface area contributed by atoms with Gasteiger partial charge in [-0.05, 0) is 13.3 Å². The minimum absolute atomic E-state index is 0.226. The maximum Gasteiger partial charge on any atom is 0.272 e. The zero-order chi connectivity index (χ0) is 20.5. The molecule has 0 fully saturated rings. The molecule has 0 aliphatic rings. The van der Waals surface area contributed by atoms with Crippen LogP contribution in [0.25, 0.3) is 0 Å². The number of nitrogens with one attached hydrogen (secondary N) is 1. The summed E-state index contributed by atoms with van der Waals surface area (Å²) in [6.45, 7) is 5.25. The van der Waals surface area contributed by atoms with E-state index in [2.05, 4.69) is 12.2 Å². The van der Waals surface area contributed by atoms with Crippen molar-refractivity contribution in [2.45, 2.75) is 117 Å². The third-order valence-corrected chi connectivity index (χ3v) is 5.49. The molecule has 0 aliphatic heterocycles. The highest BCUT2D eigenvalue weighted by Crippen LogP contribution is 2.17. The van der Waals surface area contributed by atoms with E-state index in [-0.39, 0.29) is 5.75 Å². The van der Waals surface area contributed by atoms with Crippen LogP contribution in [-0.2, 0) is 0 Å². The molecule has 0 spiro atoms. The first-order chi connectivity index (χ1) is 13.7. The lowest BCUT2D eigenvalue weighted by atomic mass is 10.0.